The molecule has 1 aliphatic heterocycles. The van der Waals surface area contributed by atoms with E-state index >= 15 is 0 Å². The first-order chi connectivity index (χ1) is 10.7. The Morgan fingerprint density at radius 1 is 1.18 bits per heavy atom. The van der Waals surface area contributed by atoms with E-state index in [1.165, 1.54) is 12.1 Å². The first kappa shape index (κ1) is 14.7. The van der Waals surface area contributed by atoms with Crippen LogP contribution in [0.2, 0.25) is 0 Å². The molecular weight excluding hydrogens is 283 g/mol. The highest BCUT2D eigenvalue weighted by atomic mass is 19.1. The van der Waals surface area contributed by atoms with Gasteiger partial charge in [-0.1, -0.05) is 30.3 Å². The van der Waals surface area contributed by atoms with Gasteiger partial charge in [-0.05, 0) is 17.7 Å². The van der Waals surface area contributed by atoms with Crippen molar-refractivity contribution in [3.63, 3.8) is 0 Å². The third kappa shape index (κ3) is 3.52. The molecule has 114 valence electrons. The Bertz CT molecular complexity index is 655. The van der Waals surface area contributed by atoms with Gasteiger partial charge in [-0.2, -0.15) is 0 Å². The number of Topliss-reactive ketones (excluding diaryl/α,β-unsaturated/α-hetero) is 1. The van der Waals surface area contributed by atoms with Crippen molar-refractivity contribution in [3.8, 4) is 5.75 Å². The third-order valence-electron chi connectivity index (χ3n) is 3.67. The lowest BCUT2D eigenvalue weighted by atomic mass is 9.99. The molecule has 1 heterocycles. The summed E-state index contributed by atoms with van der Waals surface area (Å²) in [6.07, 6.45) is 0.401. The van der Waals surface area contributed by atoms with Gasteiger partial charge < -0.3 is 9.47 Å². The van der Waals surface area contributed by atoms with Crippen LogP contribution in [0.1, 0.15) is 30.1 Å². The molecule has 0 N–H and O–H groups in total. The lowest BCUT2D eigenvalue weighted by molar-refractivity contribution is -0.128. The second kappa shape index (κ2) is 6.71. The zero-order valence-electron chi connectivity index (χ0n) is 12.1. The van der Waals surface area contributed by atoms with E-state index in [2.05, 4.69) is 0 Å². The third-order valence-corrected chi connectivity index (χ3v) is 3.67. The SMILES string of the molecule is O=C1CCOC(c2ccc(F)cc2OCc2ccccc2)C1. The van der Waals surface area contributed by atoms with Gasteiger partial charge in [0.25, 0.3) is 0 Å². The molecule has 1 unspecified atom stereocenters. The predicted octanol–water partition coefficient (Wildman–Crippen LogP) is 3.83. The Balaban J connectivity index is 1.80. The van der Waals surface area contributed by atoms with E-state index in [4.69, 9.17) is 9.47 Å². The monoisotopic (exact) mass is 300 g/mol. The molecule has 22 heavy (non-hydrogen) atoms. The van der Waals surface area contributed by atoms with Gasteiger partial charge in [-0.15, -0.1) is 0 Å². The van der Waals surface area contributed by atoms with Gasteiger partial charge in [0.15, 0.2) is 0 Å². The lowest BCUT2D eigenvalue weighted by Gasteiger charge is -2.24. The average Bonchev–Trinajstić information content (AvgIpc) is 2.54. The highest BCUT2D eigenvalue weighted by Gasteiger charge is 2.24. The van der Waals surface area contributed by atoms with Crippen LogP contribution in [0, 0.1) is 5.82 Å². The summed E-state index contributed by atoms with van der Waals surface area (Å²) in [5, 5.41) is 0. The quantitative estimate of drug-likeness (QED) is 0.861. The molecule has 0 aliphatic carbocycles. The zero-order valence-corrected chi connectivity index (χ0v) is 12.1. The fraction of sp³-hybridized carbons (Fsp3) is 0.278. The number of ether oxygens (including phenoxy) is 2. The number of halogens is 1. The van der Waals surface area contributed by atoms with Gasteiger partial charge in [0.1, 0.15) is 24.0 Å². The highest BCUT2D eigenvalue weighted by Crippen LogP contribution is 2.33. The maximum absolute atomic E-state index is 13.5. The summed E-state index contributed by atoms with van der Waals surface area (Å²) in [5.41, 5.74) is 1.73. The van der Waals surface area contributed by atoms with Crippen LogP contribution in [-0.2, 0) is 16.1 Å². The topological polar surface area (TPSA) is 35.5 Å². The number of carbonyl (C=O) groups excluding carboxylic acids is 1. The van der Waals surface area contributed by atoms with E-state index in [0.717, 1.165) is 11.1 Å². The highest BCUT2D eigenvalue weighted by molar-refractivity contribution is 5.79. The van der Waals surface area contributed by atoms with Crippen molar-refractivity contribution in [3.05, 3.63) is 65.5 Å². The van der Waals surface area contributed by atoms with E-state index < -0.39 is 0 Å². The van der Waals surface area contributed by atoms with Crippen LogP contribution in [0.25, 0.3) is 0 Å². The maximum Gasteiger partial charge on any atom is 0.138 e. The molecule has 2 aromatic rings. The number of rotatable bonds is 4. The van der Waals surface area contributed by atoms with E-state index in [1.807, 2.05) is 30.3 Å². The molecule has 3 nitrogen and oxygen atoms in total. The van der Waals surface area contributed by atoms with Crippen LogP contribution in [-0.4, -0.2) is 12.4 Å². The van der Waals surface area contributed by atoms with Crippen LogP contribution in [0.15, 0.2) is 48.5 Å². The molecule has 0 radical (unpaired) electrons. The summed E-state index contributed by atoms with van der Waals surface area (Å²) < 4.78 is 24.9. The molecule has 0 spiro atoms. The molecule has 0 saturated carbocycles. The van der Waals surface area contributed by atoms with Crippen LogP contribution in [0.5, 0.6) is 5.75 Å². The molecule has 0 aromatic heterocycles. The van der Waals surface area contributed by atoms with Gasteiger partial charge in [0.05, 0.1) is 12.7 Å². The summed E-state index contributed by atoms with van der Waals surface area (Å²) in [4.78, 5) is 11.6. The number of carbonyl (C=O) groups is 1. The molecule has 0 bridgehead atoms. The number of hydrogen-bond acceptors (Lipinski definition) is 3. The molecule has 2 aromatic carbocycles. The lowest BCUT2D eigenvalue weighted by Crippen LogP contribution is -2.20. The maximum atomic E-state index is 13.5. The summed E-state index contributed by atoms with van der Waals surface area (Å²) >= 11 is 0. The summed E-state index contributed by atoms with van der Waals surface area (Å²) in [7, 11) is 0. The molecule has 3 rings (SSSR count). The molecule has 1 aliphatic rings. The Morgan fingerprint density at radius 2 is 2.00 bits per heavy atom. The van der Waals surface area contributed by atoms with Crippen molar-refractivity contribution >= 4 is 5.78 Å². The van der Waals surface area contributed by atoms with E-state index in [0.29, 0.717) is 31.8 Å². The van der Waals surface area contributed by atoms with Crippen molar-refractivity contribution in [1.29, 1.82) is 0 Å². The summed E-state index contributed by atoms with van der Waals surface area (Å²) in [6, 6.07) is 14.0. The summed E-state index contributed by atoms with van der Waals surface area (Å²) in [5.74, 6) is 0.229. The van der Waals surface area contributed by atoms with Crippen LogP contribution >= 0.6 is 0 Å². The zero-order chi connectivity index (χ0) is 15.4. The first-order valence-electron chi connectivity index (χ1n) is 7.32. The largest absolute Gasteiger partial charge is 0.488 e. The molecule has 1 atom stereocenters. The van der Waals surface area contributed by atoms with Gasteiger partial charge in [0, 0.05) is 24.5 Å². The Labute approximate surface area is 128 Å². The second-order valence-electron chi connectivity index (χ2n) is 5.31. The smallest absolute Gasteiger partial charge is 0.138 e. The van der Waals surface area contributed by atoms with Crippen LogP contribution < -0.4 is 4.74 Å². The minimum Gasteiger partial charge on any atom is -0.488 e. The van der Waals surface area contributed by atoms with Crippen molar-refractivity contribution < 1.29 is 18.7 Å². The molecule has 1 saturated heterocycles. The van der Waals surface area contributed by atoms with Crippen LogP contribution in [0.4, 0.5) is 4.39 Å². The van der Waals surface area contributed by atoms with Gasteiger partial charge in [-0.3, -0.25) is 4.79 Å². The molecule has 0 amide bonds. The van der Waals surface area contributed by atoms with Crippen LogP contribution in [0.3, 0.4) is 0 Å². The van der Waals surface area contributed by atoms with E-state index in [9.17, 15) is 9.18 Å². The predicted molar refractivity (Wildman–Crippen MR) is 80.1 cm³/mol. The first-order valence-corrected chi connectivity index (χ1v) is 7.32. The van der Waals surface area contributed by atoms with E-state index in [-0.39, 0.29) is 17.7 Å². The molecule has 1 fully saturated rings. The van der Waals surface area contributed by atoms with Crippen molar-refractivity contribution in [2.24, 2.45) is 0 Å². The van der Waals surface area contributed by atoms with Gasteiger partial charge in [-0.25, -0.2) is 4.39 Å². The van der Waals surface area contributed by atoms with Crippen molar-refractivity contribution in [2.45, 2.75) is 25.6 Å². The fourth-order valence-corrected chi connectivity index (χ4v) is 2.52. The second-order valence-corrected chi connectivity index (χ2v) is 5.31. The van der Waals surface area contributed by atoms with Crippen molar-refractivity contribution in [1.82, 2.24) is 0 Å². The number of ketones is 1. The standard InChI is InChI=1S/C18H17FO3/c19-14-6-7-16(18-11-15(20)8-9-21-18)17(10-14)22-12-13-4-2-1-3-5-13/h1-7,10,18H,8-9,11-12H2. The Morgan fingerprint density at radius 3 is 2.77 bits per heavy atom. The number of benzene rings is 2. The Kier molecular flexibility index (Phi) is 4.49. The van der Waals surface area contributed by atoms with Crippen molar-refractivity contribution in [2.75, 3.05) is 6.61 Å². The molecule has 4 heteroatoms. The number of hydrogen-bond donors (Lipinski definition) is 0. The summed E-state index contributed by atoms with van der Waals surface area (Å²) in [6.45, 7) is 0.747. The molecular formula is C18H17FO3. The fourth-order valence-electron chi connectivity index (χ4n) is 2.52. The Hall–Kier alpha value is -2.20. The van der Waals surface area contributed by atoms with E-state index in [1.54, 1.807) is 6.07 Å². The van der Waals surface area contributed by atoms with Gasteiger partial charge >= 0.3 is 0 Å². The normalized spacial score (nSPS) is 18.2. The van der Waals surface area contributed by atoms with Gasteiger partial charge in [0.2, 0.25) is 0 Å². The minimum absolute atomic E-state index is 0.162. The minimum atomic E-state index is -0.367. The average molecular weight is 300 g/mol.